The van der Waals surface area contributed by atoms with Crippen LogP contribution in [0.3, 0.4) is 0 Å². The lowest BCUT2D eigenvalue weighted by Crippen LogP contribution is -2.30. The number of benzene rings is 2. The summed E-state index contributed by atoms with van der Waals surface area (Å²) in [6.07, 6.45) is 30.3. The van der Waals surface area contributed by atoms with E-state index < -0.39 is 0 Å². The van der Waals surface area contributed by atoms with Crippen LogP contribution in [0.25, 0.3) is 0 Å². The largest absolute Gasteiger partial charge is 0.426 e. The van der Waals surface area contributed by atoms with E-state index in [0.29, 0.717) is 11.5 Å². The normalized spacial score (nSPS) is 28.7. The van der Waals surface area contributed by atoms with E-state index in [9.17, 15) is 9.59 Å². The van der Waals surface area contributed by atoms with E-state index in [-0.39, 0.29) is 23.8 Å². The molecule has 0 bridgehead atoms. The zero-order valence-electron chi connectivity index (χ0n) is 34.8. The molecular weight excluding hydrogens is 665 g/mol. The summed E-state index contributed by atoms with van der Waals surface area (Å²) in [6, 6.07) is 16.2. The van der Waals surface area contributed by atoms with Crippen LogP contribution in [0, 0.1) is 47.3 Å². The zero-order chi connectivity index (χ0) is 38.1. The molecule has 0 N–H and O–H groups in total. The molecule has 4 aliphatic carbocycles. The van der Waals surface area contributed by atoms with E-state index in [0.717, 1.165) is 80.5 Å². The molecule has 0 unspecified atom stereocenters. The maximum Gasteiger partial charge on any atom is 0.314 e. The summed E-state index contributed by atoms with van der Waals surface area (Å²) in [7, 11) is 0. The number of carbonyl (C=O) groups is 2. The van der Waals surface area contributed by atoms with E-state index in [1.165, 1.54) is 120 Å². The van der Waals surface area contributed by atoms with Crippen LogP contribution in [0.1, 0.15) is 180 Å². The van der Waals surface area contributed by atoms with Crippen LogP contribution in [0.2, 0.25) is 0 Å². The van der Waals surface area contributed by atoms with Gasteiger partial charge in [0.25, 0.3) is 0 Å². The molecule has 6 rings (SSSR count). The van der Waals surface area contributed by atoms with Crippen molar-refractivity contribution < 1.29 is 19.1 Å². The molecule has 0 amide bonds. The summed E-state index contributed by atoms with van der Waals surface area (Å²) in [4.78, 5) is 25.1. The quantitative estimate of drug-likeness (QED) is 0.143. The first-order valence-electron chi connectivity index (χ1n) is 23.0. The van der Waals surface area contributed by atoms with Gasteiger partial charge >= 0.3 is 11.9 Å². The Bertz CT molecular complexity index is 1330. The van der Waals surface area contributed by atoms with Crippen molar-refractivity contribution in [3.8, 4) is 11.5 Å². The monoisotopic (exact) mass is 741 g/mol. The highest BCUT2D eigenvalue weighted by molar-refractivity contribution is 5.75. The number of esters is 2. The van der Waals surface area contributed by atoms with Crippen molar-refractivity contribution in [2.45, 2.75) is 182 Å². The lowest BCUT2D eigenvalue weighted by Gasteiger charge is -2.37. The first kappa shape index (κ1) is 42.5. The maximum atomic E-state index is 12.6. The number of hydrogen-bond acceptors (Lipinski definition) is 4. The van der Waals surface area contributed by atoms with Gasteiger partial charge in [0.1, 0.15) is 11.5 Å². The molecule has 4 nitrogen and oxygen atoms in total. The molecule has 0 spiro atoms. The van der Waals surface area contributed by atoms with Crippen LogP contribution >= 0.6 is 0 Å². The molecule has 0 aliphatic heterocycles. The van der Waals surface area contributed by atoms with E-state index in [4.69, 9.17) is 9.47 Å². The van der Waals surface area contributed by atoms with Crippen molar-refractivity contribution in [2.75, 3.05) is 0 Å². The Hall–Kier alpha value is -2.62. The number of hydrogen-bond donors (Lipinski definition) is 0. The molecule has 54 heavy (non-hydrogen) atoms. The molecule has 0 atom stereocenters. The van der Waals surface area contributed by atoms with Crippen LogP contribution in [0.4, 0.5) is 0 Å². The second kappa shape index (κ2) is 22.8. The van der Waals surface area contributed by atoms with Crippen molar-refractivity contribution in [1.29, 1.82) is 0 Å². The summed E-state index contributed by atoms with van der Waals surface area (Å²) >= 11 is 0. The SMILES string of the molecule is CCCCc1ccc(OC(=O)C2CCC(C3CCC(CCCC)CC3)CC2)cc1.CCCc1ccc(OC(=O)C2CCC(C3CCC(C)CC3)CC2)cc1. The maximum absolute atomic E-state index is 12.6. The topological polar surface area (TPSA) is 52.6 Å². The number of unbranched alkanes of at least 4 members (excludes halogenated alkanes) is 2. The number of ether oxygens (including phenoxy) is 2. The molecule has 300 valence electrons. The Balaban J connectivity index is 0.000000210. The van der Waals surface area contributed by atoms with Crippen molar-refractivity contribution >= 4 is 11.9 Å². The van der Waals surface area contributed by atoms with Gasteiger partial charge in [-0.25, -0.2) is 0 Å². The predicted molar refractivity (Wildman–Crippen MR) is 224 cm³/mol. The fourth-order valence-electron chi connectivity index (χ4n) is 10.4. The minimum Gasteiger partial charge on any atom is -0.426 e. The van der Waals surface area contributed by atoms with Gasteiger partial charge in [0.15, 0.2) is 0 Å². The van der Waals surface area contributed by atoms with E-state index in [2.05, 4.69) is 52.0 Å². The Morgan fingerprint density at radius 1 is 0.481 bits per heavy atom. The molecule has 4 saturated carbocycles. The van der Waals surface area contributed by atoms with Gasteiger partial charge in [0.2, 0.25) is 0 Å². The van der Waals surface area contributed by atoms with Gasteiger partial charge in [0, 0.05) is 0 Å². The minimum atomic E-state index is -0.0149. The molecule has 0 radical (unpaired) electrons. The number of aryl methyl sites for hydroxylation is 2. The summed E-state index contributed by atoms with van der Waals surface area (Å²) in [5.74, 6) is 7.05. The Morgan fingerprint density at radius 2 is 0.870 bits per heavy atom. The van der Waals surface area contributed by atoms with E-state index >= 15 is 0 Å². The van der Waals surface area contributed by atoms with Crippen molar-refractivity contribution in [3.05, 3.63) is 59.7 Å². The van der Waals surface area contributed by atoms with Gasteiger partial charge in [-0.05, 0) is 167 Å². The second-order valence-corrected chi connectivity index (χ2v) is 18.2. The van der Waals surface area contributed by atoms with Crippen molar-refractivity contribution in [2.24, 2.45) is 47.3 Å². The van der Waals surface area contributed by atoms with Crippen LogP contribution in [-0.2, 0) is 22.4 Å². The highest BCUT2D eigenvalue weighted by atomic mass is 16.5. The van der Waals surface area contributed by atoms with Crippen molar-refractivity contribution in [1.82, 2.24) is 0 Å². The van der Waals surface area contributed by atoms with Gasteiger partial charge < -0.3 is 9.47 Å². The third-order valence-corrected chi connectivity index (χ3v) is 14.1. The van der Waals surface area contributed by atoms with Gasteiger partial charge in [0.05, 0.1) is 11.8 Å². The number of carbonyl (C=O) groups excluding carboxylic acids is 2. The van der Waals surface area contributed by atoms with Crippen LogP contribution in [-0.4, -0.2) is 11.9 Å². The lowest BCUT2D eigenvalue weighted by atomic mass is 9.68. The molecule has 0 saturated heterocycles. The fraction of sp³-hybridized carbons (Fsp3) is 0.720. The minimum absolute atomic E-state index is 0.00645. The first-order valence-corrected chi connectivity index (χ1v) is 23.0. The lowest BCUT2D eigenvalue weighted by molar-refractivity contribution is -0.141. The zero-order valence-corrected chi connectivity index (χ0v) is 34.8. The summed E-state index contributed by atoms with van der Waals surface area (Å²) in [5, 5.41) is 0. The highest BCUT2D eigenvalue weighted by Gasteiger charge is 2.34. The first-order chi connectivity index (χ1) is 26.3. The Kier molecular flexibility index (Phi) is 18.0. The van der Waals surface area contributed by atoms with Gasteiger partial charge in [-0.15, -0.1) is 0 Å². The third-order valence-electron chi connectivity index (χ3n) is 14.1. The van der Waals surface area contributed by atoms with Gasteiger partial charge in [-0.2, -0.15) is 0 Å². The van der Waals surface area contributed by atoms with Gasteiger partial charge in [-0.1, -0.05) is 110 Å². The van der Waals surface area contributed by atoms with E-state index in [1.54, 1.807) is 0 Å². The smallest absolute Gasteiger partial charge is 0.314 e. The van der Waals surface area contributed by atoms with Crippen LogP contribution in [0.15, 0.2) is 48.5 Å². The van der Waals surface area contributed by atoms with Crippen LogP contribution in [0.5, 0.6) is 11.5 Å². The highest BCUT2D eigenvalue weighted by Crippen LogP contribution is 2.43. The second-order valence-electron chi connectivity index (χ2n) is 18.2. The molecule has 0 heterocycles. The summed E-state index contributed by atoms with van der Waals surface area (Å²) in [6.45, 7) is 9.08. The molecule has 2 aromatic carbocycles. The van der Waals surface area contributed by atoms with E-state index in [1.807, 2.05) is 24.3 Å². The average molecular weight is 741 g/mol. The summed E-state index contributed by atoms with van der Waals surface area (Å²) < 4.78 is 11.3. The fourth-order valence-corrected chi connectivity index (χ4v) is 10.4. The molecule has 4 heteroatoms. The van der Waals surface area contributed by atoms with Crippen LogP contribution < -0.4 is 9.47 Å². The molecule has 4 fully saturated rings. The molecule has 2 aromatic rings. The third kappa shape index (κ3) is 13.5. The van der Waals surface area contributed by atoms with Gasteiger partial charge in [-0.3, -0.25) is 9.59 Å². The predicted octanol–water partition coefficient (Wildman–Crippen LogP) is 13.9. The molecular formula is C50H76O4. The summed E-state index contributed by atoms with van der Waals surface area (Å²) in [5.41, 5.74) is 2.64. The standard InChI is InChI=1S/C27H42O2.C23H34O2/c1-3-5-7-21-9-13-23(14-10-21)24-15-17-25(18-16-24)27(28)29-26-19-11-22(12-20-26)8-6-4-2;1-3-4-18-7-15-22(16-8-18)25-23(24)21-13-11-20(12-14-21)19-9-5-17(2)6-10-19/h11-12,19-21,23-25H,3-10,13-18H2,1-2H3;7-8,15-17,19-21H,3-6,9-14H2,1-2H3. The Morgan fingerprint density at radius 3 is 1.28 bits per heavy atom. The molecule has 4 aliphatic rings. The van der Waals surface area contributed by atoms with Crippen molar-refractivity contribution in [3.63, 3.8) is 0 Å². The molecule has 0 aromatic heterocycles. The average Bonchev–Trinajstić information content (AvgIpc) is 3.21. The Labute approximate surface area is 330 Å². The number of rotatable bonds is 14.